The fraction of sp³-hybridized carbons (Fsp3) is 1.00. The van der Waals surface area contributed by atoms with Gasteiger partial charge in [0.05, 0.1) is 0 Å². The lowest BCUT2D eigenvalue weighted by Gasteiger charge is -2.27. The van der Waals surface area contributed by atoms with Gasteiger partial charge in [-0.3, -0.25) is 0 Å². The van der Waals surface area contributed by atoms with E-state index in [0.29, 0.717) is 13.2 Å². The molecule has 16 heavy (non-hydrogen) atoms. The summed E-state index contributed by atoms with van der Waals surface area (Å²) in [6.45, 7) is 10.4. The second-order valence-corrected chi connectivity index (χ2v) is 6.75. The first-order valence-electron chi connectivity index (χ1n) is 6.66. The third-order valence-electron chi connectivity index (χ3n) is 2.48. The van der Waals surface area contributed by atoms with Gasteiger partial charge in [0.15, 0.2) is 0 Å². The van der Waals surface area contributed by atoms with E-state index in [1.807, 2.05) is 13.8 Å². The summed E-state index contributed by atoms with van der Waals surface area (Å²) in [6.07, 6.45) is 4.90. The van der Waals surface area contributed by atoms with Crippen LogP contribution in [0.15, 0.2) is 0 Å². The lowest BCUT2D eigenvalue weighted by atomic mass is 10.2. The molecule has 0 rings (SSSR count). The monoisotopic (exact) mass is 248 g/mol. The Kier molecular flexibility index (Phi) is 10.3. The Morgan fingerprint density at radius 1 is 0.750 bits per heavy atom. The van der Waals surface area contributed by atoms with Crippen molar-refractivity contribution in [3.63, 3.8) is 0 Å². The van der Waals surface area contributed by atoms with Crippen LogP contribution in [-0.4, -0.2) is 28.6 Å². The Labute approximate surface area is 102 Å². The summed E-state index contributed by atoms with van der Waals surface area (Å²) < 4.78 is 17.3. The fourth-order valence-electron chi connectivity index (χ4n) is 1.63. The summed E-state index contributed by atoms with van der Waals surface area (Å²) in [6, 6.07) is 0.864. The molecule has 0 aromatic heterocycles. The molecule has 0 aliphatic heterocycles. The van der Waals surface area contributed by atoms with Gasteiger partial charge < -0.3 is 13.3 Å². The molecule has 0 radical (unpaired) electrons. The van der Waals surface area contributed by atoms with Crippen molar-refractivity contribution in [2.75, 3.05) is 19.8 Å². The lowest BCUT2D eigenvalue weighted by molar-refractivity contribution is 0.0669. The highest BCUT2D eigenvalue weighted by atomic mass is 28.4. The largest absolute Gasteiger partial charge is 0.500 e. The van der Waals surface area contributed by atoms with E-state index in [2.05, 4.69) is 13.8 Å². The van der Waals surface area contributed by atoms with Gasteiger partial charge >= 0.3 is 8.80 Å². The Morgan fingerprint density at radius 3 is 1.81 bits per heavy atom. The first-order chi connectivity index (χ1) is 7.74. The minimum Gasteiger partial charge on any atom is -0.374 e. The van der Waals surface area contributed by atoms with Crippen molar-refractivity contribution in [2.24, 2.45) is 0 Å². The molecule has 0 aromatic rings. The molecule has 0 aliphatic rings. The standard InChI is InChI=1S/C12H28O3Si/c1-5-9-10-11-12-15-16(8-4,13-6-2)14-7-3/h5-12H2,1-4H3. The van der Waals surface area contributed by atoms with Crippen molar-refractivity contribution in [1.29, 1.82) is 0 Å². The molecule has 3 nitrogen and oxygen atoms in total. The number of rotatable bonds is 11. The average molecular weight is 248 g/mol. The Hall–Kier alpha value is 0.0969. The molecule has 0 fully saturated rings. The average Bonchev–Trinajstić information content (AvgIpc) is 2.29. The van der Waals surface area contributed by atoms with Crippen molar-refractivity contribution in [2.45, 2.75) is 59.4 Å². The summed E-state index contributed by atoms with van der Waals surface area (Å²) >= 11 is 0. The molecule has 0 bridgehead atoms. The lowest BCUT2D eigenvalue weighted by Crippen LogP contribution is -2.45. The van der Waals surface area contributed by atoms with Crippen molar-refractivity contribution >= 4 is 8.80 Å². The molecule has 0 saturated heterocycles. The van der Waals surface area contributed by atoms with E-state index in [1.54, 1.807) is 0 Å². The molecule has 0 N–H and O–H groups in total. The van der Waals surface area contributed by atoms with Crippen LogP contribution in [0.5, 0.6) is 0 Å². The SMILES string of the molecule is CCCCCCO[Si](CC)(OCC)OCC. The van der Waals surface area contributed by atoms with E-state index in [9.17, 15) is 0 Å². The highest BCUT2D eigenvalue weighted by molar-refractivity contribution is 6.60. The van der Waals surface area contributed by atoms with Crippen molar-refractivity contribution < 1.29 is 13.3 Å². The topological polar surface area (TPSA) is 27.7 Å². The molecule has 0 unspecified atom stereocenters. The molecule has 0 atom stereocenters. The van der Waals surface area contributed by atoms with Gasteiger partial charge in [-0.25, -0.2) is 0 Å². The molecule has 0 amide bonds. The van der Waals surface area contributed by atoms with Crippen LogP contribution in [0.25, 0.3) is 0 Å². The minimum absolute atomic E-state index is 0.676. The predicted octanol–water partition coefficient (Wildman–Crippen LogP) is 3.62. The third kappa shape index (κ3) is 6.63. The molecular weight excluding hydrogens is 220 g/mol. The maximum absolute atomic E-state index is 5.90. The molecule has 0 spiro atoms. The van der Waals surface area contributed by atoms with E-state index in [0.717, 1.165) is 19.1 Å². The van der Waals surface area contributed by atoms with Crippen LogP contribution in [0.4, 0.5) is 0 Å². The van der Waals surface area contributed by atoms with Gasteiger partial charge in [0.25, 0.3) is 0 Å². The van der Waals surface area contributed by atoms with Crippen molar-refractivity contribution in [1.82, 2.24) is 0 Å². The first kappa shape index (κ1) is 16.1. The van der Waals surface area contributed by atoms with Gasteiger partial charge in [0, 0.05) is 25.9 Å². The van der Waals surface area contributed by atoms with Crippen LogP contribution in [0.3, 0.4) is 0 Å². The number of hydrogen-bond donors (Lipinski definition) is 0. The summed E-state index contributed by atoms with van der Waals surface area (Å²) in [5.74, 6) is 0. The Bertz CT molecular complexity index is 147. The van der Waals surface area contributed by atoms with Crippen molar-refractivity contribution in [3.05, 3.63) is 0 Å². The van der Waals surface area contributed by atoms with E-state index in [-0.39, 0.29) is 0 Å². The van der Waals surface area contributed by atoms with Crippen LogP contribution < -0.4 is 0 Å². The van der Waals surface area contributed by atoms with Gasteiger partial charge in [-0.1, -0.05) is 33.1 Å². The van der Waals surface area contributed by atoms with E-state index in [4.69, 9.17) is 13.3 Å². The summed E-state index contributed by atoms with van der Waals surface area (Å²) in [4.78, 5) is 0. The van der Waals surface area contributed by atoms with Gasteiger partial charge in [-0.2, -0.15) is 0 Å². The van der Waals surface area contributed by atoms with Crippen LogP contribution in [0.1, 0.15) is 53.4 Å². The maximum atomic E-state index is 5.90. The van der Waals surface area contributed by atoms with Crippen LogP contribution in [-0.2, 0) is 13.3 Å². The van der Waals surface area contributed by atoms with Crippen LogP contribution in [0, 0.1) is 0 Å². The van der Waals surface area contributed by atoms with Gasteiger partial charge in [0.2, 0.25) is 0 Å². The minimum atomic E-state index is -2.33. The summed E-state index contributed by atoms with van der Waals surface area (Å²) in [5.41, 5.74) is 0. The fourth-order valence-corrected chi connectivity index (χ4v) is 3.82. The van der Waals surface area contributed by atoms with Gasteiger partial charge in [-0.15, -0.1) is 0 Å². The second kappa shape index (κ2) is 10.3. The third-order valence-corrected chi connectivity index (χ3v) is 5.45. The molecule has 0 saturated carbocycles. The molecule has 4 heteroatoms. The summed E-state index contributed by atoms with van der Waals surface area (Å²) in [5, 5.41) is 0. The Balaban J connectivity index is 3.89. The highest BCUT2D eigenvalue weighted by Crippen LogP contribution is 2.16. The quantitative estimate of drug-likeness (QED) is 0.413. The normalized spacial score (nSPS) is 12.0. The molecule has 0 heterocycles. The summed E-state index contributed by atoms with van der Waals surface area (Å²) in [7, 11) is -2.33. The van der Waals surface area contributed by atoms with Crippen molar-refractivity contribution in [3.8, 4) is 0 Å². The highest BCUT2D eigenvalue weighted by Gasteiger charge is 2.38. The first-order valence-corrected chi connectivity index (χ1v) is 8.59. The smallest absolute Gasteiger partial charge is 0.374 e. The van der Waals surface area contributed by atoms with Gasteiger partial charge in [0.1, 0.15) is 0 Å². The molecule has 0 aromatic carbocycles. The number of unbranched alkanes of at least 4 members (excludes halogenated alkanes) is 3. The zero-order valence-electron chi connectivity index (χ0n) is 11.4. The zero-order chi connectivity index (χ0) is 12.3. The van der Waals surface area contributed by atoms with Crippen LogP contribution >= 0.6 is 0 Å². The van der Waals surface area contributed by atoms with E-state index < -0.39 is 8.80 Å². The molecule has 98 valence electrons. The zero-order valence-corrected chi connectivity index (χ0v) is 12.4. The van der Waals surface area contributed by atoms with E-state index >= 15 is 0 Å². The van der Waals surface area contributed by atoms with Crippen LogP contribution in [0.2, 0.25) is 6.04 Å². The predicted molar refractivity (Wildman–Crippen MR) is 69.6 cm³/mol. The second-order valence-electron chi connectivity index (χ2n) is 3.81. The molecular formula is C12H28O3Si. The van der Waals surface area contributed by atoms with Gasteiger partial charge in [-0.05, 0) is 20.3 Å². The Morgan fingerprint density at radius 2 is 1.38 bits per heavy atom. The molecule has 0 aliphatic carbocycles. The number of hydrogen-bond acceptors (Lipinski definition) is 3. The van der Waals surface area contributed by atoms with E-state index in [1.165, 1.54) is 19.3 Å². The maximum Gasteiger partial charge on any atom is 0.500 e.